The van der Waals surface area contributed by atoms with Gasteiger partial charge in [-0.25, -0.2) is 0 Å². The number of hydrogen-bond acceptors (Lipinski definition) is 3. The highest BCUT2D eigenvalue weighted by molar-refractivity contribution is 7.80. The molecule has 0 radical (unpaired) electrons. The van der Waals surface area contributed by atoms with E-state index in [1.54, 1.807) is 6.21 Å². The lowest BCUT2D eigenvalue weighted by molar-refractivity contribution is 0.467. The zero-order valence-corrected chi connectivity index (χ0v) is 9.43. The molecule has 0 saturated heterocycles. The van der Waals surface area contributed by atoms with Gasteiger partial charge in [0, 0.05) is 0 Å². The molecule has 0 spiro atoms. The molecule has 80 valence electrons. The molecule has 0 aromatic heterocycles. The fourth-order valence-corrected chi connectivity index (χ4v) is 1.29. The Morgan fingerprint density at radius 1 is 1.47 bits per heavy atom. The summed E-state index contributed by atoms with van der Waals surface area (Å²) < 4.78 is 0. The molecule has 1 aromatic carbocycles. The number of phenolic OH excluding ortho intramolecular Hbond substituents is 1. The molecule has 0 amide bonds. The van der Waals surface area contributed by atoms with E-state index in [-0.39, 0.29) is 5.11 Å². The van der Waals surface area contributed by atoms with E-state index in [1.165, 1.54) is 0 Å². The number of thiocarbonyl (C=S) groups is 1. The highest BCUT2D eigenvalue weighted by Crippen LogP contribution is 2.21. The maximum atomic E-state index is 9.54. The minimum Gasteiger partial charge on any atom is -0.507 e. The SMILES string of the molecule is Cc1cc(/C=N\NC(N)=S)cc(C)c1O. The van der Waals surface area contributed by atoms with Crippen LogP contribution in [0.15, 0.2) is 17.2 Å². The van der Waals surface area contributed by atoms with Gasteiger partial charge >= 0.3 is 0 Å². The molecule has 0 saturated carbocycles. The van der Waals surface area contributed by atoms with E-state index in [9.17, 15) is 5.11 Å². The number of hydrazone groups is 1. The lowest BCUT2D eigenvalue weighted by Gasteiger charge is -2.04. The number of rotatable bonds is 2. The first kappa shape index (κ1) is 11.5. The van der Waals surface area contributed by atoms with Crippen LogP contribution in [0.2, 0.25) is 0 Å². The average Bonchev–Trinajstić information content (AvgIpc) is 2.13. The van der Waals surface area contributed by atoms with Crippen LogP contribution < -0.4 is 11.2 Å². The van der Waals surface area contributed by atoms with E-state index < -0.39 is 0 Å². The highest BCUT2D eigenvalue weighted by Gasteiger charge is 2.01. The number of phenols is 1. The third-order valence-corrected chi connectivity index (χ3v) is 1.99. The Kier molecular flexibility index (Phi) is 3.62. The van der Waals surface area contributed by atoms with Crippen LogP contribution in [-0.4, -0.2) is 16.4 Å². The molecule has 1 rings (SSSR count). The van der Waals surface area contributed by atoms with E-state index in [2.05, 4.69) is 22.7 Å². The van der Waals surface area contributed by atoms with Crippen molar-refractivity contribution >= 4 is 23.5 Å². The number of benzene rings is 1. The first-order valence-electron chi connectivity index (χ1n) is 4.39. The lowest BCUT2D eigenvalue weighted by atomic mass is 10.1. The Bertz CT molecular complexity index is 392. The molecule has 5 heteroatoms. The largest absolute Gasteiger partial charge is 0.507 e. The predicted molar refractivity (Wildman–Crippen MR) is 65.1 cm³/mol. The van der Waals surface area contributed by atoms with Crippen molar-refractivity contribution in [3.05, 3.63) is 28.8 Å². The van der Waals surface area contributed by atoms with E-state index >= 15 is 0 Å². The van der Waals surface area contributed by atoms with Gasteiger partial charge < -0.3 is 10.8 Å². The molecule has 0 aliphatic carbocycles. The van der Waals surface area contributed by atoms with Gasteiger partial charge in [0.15, 0.2) is 5.11 Å². The molecule has 15 heavy (non-hydrogen) atoms. The summed E-state index contributed by atoms with van der Waals surface area (Å²) in [5, 5.41) is 13.5. The van der Waals surface area contributed by atoms with E-state index in [1.807, 2.05) is 26.0 Å². The number of hydrogen-bond donors (Lipinski definition) is 3. The molecule has 0 heterocycles. The smallest absolute Gasteiger partial charge is 0.184 e. The van der Waals surface area contributed by atoms with Crippen molar-refractivity contribution in [1.29, 1.82) is 0 Å². The van der Waals surface area contributed by atoms with Gasteiger partial charge in [-0.1, -0.05) is 0 Å². The van der Waals surface area contributed by atoms with Crippen molar-refractivity contribution in [1.82, 2.24) is 5.43 Å². The van der Waals surface area contributed by atoms with Crippen LogP contribution in [-0.2, 0) is 0 Å². The fraction of sp³-hybridized carbons (Fsp3) is 0.200. The van der Waals surface area contributed by atoms with Crippen molar-refractivity contribution < 1.29 is 5.11 Å². The van der Waals surface area contributed by atoms with Gasteiger partial charge in [0.2, 0.25) is 0 Å². The molecule has 0 atom stereocenters. The Morgan fingerprint density at radius 3 is 2.47 bits per heavy atom. The van der Waals surface area contributed by atoms with Crippen LogP contribution in [0.3, 0.4) is 0 Å². The second kappa shape index (κ2) is 4.75. The minimum absolute atomic E-state index is 0.124. The lowest BCUT2D eigenvalue weighted by Crippen LogP contribution is -2.23. The zero-order chi connectivity index (χ0) is 11.4. The Labute approximate surface area is 93.8 Å². The summed E-state index contributed by atoms with van der Waals surface area (Å²) in [7, 11) is 0. The van der Waals surface area contributed by atoms with Gasteiger partial charge in [-0.15, -0.1) is 0 Å². The Hall–Kier alpha value is -1.62. The summed E-state index contributed by atoms with van der Waals surface area (Å²) >= 11 is 4.60. The second-order valence-electron chi connectivity index (χ2n) is 3.24. The zero-order valence-electron chi connectivity index (χ0n) is 8.61. The highest BCUT2D eigenvalue weighted by atomic mass is 32.1. The topological polar surface area (TPSA) is 70.6 Å². The quantitative estimate of drug-likeness (QED) is 0.400. The molecule has 0 bridgehead atoms. The molecule has 0 fully saturated rings. The van der Waals surface area contributed by atoms with E-state index in [4.69, 9.17) is 5.73 Å². The molecule has 0 aliphatic heterocycles. The molecule has 4 nitrogen and oxygen atoms in total. The standard InChI is InChI=1S/C10H13N3OS/c1-6-3-8(4-7(2)9(6)14)5-12-13-10(11)15/h3-5,14H,1-2H3,(H3,11,13,15)/b12-5-. The van der Waals surface area contributed by atoms with Crippen molar-refractivity contribution in [2.24, 2.45) is 10.8 Å². The predicted octanol–water partition coefficient (Wildman–Crippen LogP) is 1.18. The van der Waals surface area contributed by atoms with E-state index in [0.29, 0.717) is 5.75 Å². The van der Waals surface area contributed by atoms with Crippen LogP contribution in [0.4, 0.5) is 0 Å². The number of nitrogens with two attached hydrogens (primary N) is 1. The number of nitrogens with one attached hydrogen (secondary N) is 1. The first-order chi connectivity index (χ1) is 7.00. The van der Waals surface area contributed by atoms with Crippen LogP contribution in [0.5, 0.6) is 5.75 Å². The third kappa shape index (κ3) is 3.21. The van der Waals surface area contributed by atoms with Crippen LogP contribution >= 0.6 is 12.2 Å². The van der Waals surface area contributed by atoms with Gasteiger partial charge in [0.25, 0.3) is 0 Å². The number of aryl methyl sites for hydroxylation is 2. The van der Waals surface area contributed by atoms with E-state index in [0.717, 1.165) is 16.7 Å². The summed E-state index contributed by atoms with van der Waals surface area (Å²) in [4.78, 5) is 0. The van der Waals surface area contributed by atoms with Crippen molar-refractivity contribution in [2.75, 3.05) is 0 Å². The first-order valence-corrected chi connectivity index (χ1v) is 4.80. The van der Waals surface area contributed by atoms with Crippen LogP contribution in [0.1, 0.15) is 16.7 Å². The molecule has 0 unspecified atom stereocenters. The Balaban J connectivity index is 2.87. The molecular formula is C10H13N3OS. The minimum atomic E-state index is 0.124. The maximum absolute atomic E-state index is 9.54. The number of nitrogens with zero attached hydrogens (tertiary/aromatic N) is 1. The van der Waals surface area contributed by atoms with Crippen molar-refractivity contribution in [3.63, 3.8) is 0 Å². The van der Waals surface area contributed by atoms with Gasteiger partial charge in [0.1, 0.15) is 5.75 Å². The van der Waals surface area contributed by atoms with Gasteiger partial charge in [0.05, 0.1) is 6.21 Å². The third-order valence-electron chi connectivity index (χ3n) is 1.90. The Morgan fingerprint density at radius 2 is 2.00 bits per heavy atom. The second-order valence-corrected chi connectivity index (χ2v) is 3.68. The van der Waals surface area contributed by atoms with Gasteiger partial charge in [-0.05, 0) is 54.9 Å². The maximum Gasteiger partial charge on any atom is 0.184 e. The summed E-state index contributed by atoms with van der Waals surface area (Å²) in [6.45, 7) is 3.67. The van der Waals surface area contributed by atoms with Gasteiger partial charge in [-0.2, -0.15) is 5.10 Å². The number of aromatic hydroxyl groups is 1. The summed E-state index contributed by atoms with van der Waals surface area (Å²) in [6.07, 6.45) is 1.60. The monoisotopic (exact) mass is 223 g/mol. The molecule has 4 N–H and O–H groups in total. The van der Waals surface area contributed by atoms with Gasteiger partial charge in [-0.3, -0.25) is 5.43 Å². The fourth-order valence-electron chi connectivity index (χ4n) is 1.23. The van der Waals surface area contributed by atoms with Crippen LogP contribution in [0.25, 0.3) is 0 Å². The normalized spacial score (nSPS) is 10.5. The van der Waals surface area contributed by atoms with Crippen molar-refractivity contribution in [2.45, 2.75) is 13.8 Å². The molecule has 0 aliphatic rings. The molecule has 1 aromatic rings. The summed E-state index contributed by atoms with van der Waals surface area (Å²) in [5.74, 6) is 0.314. The summed E-state index contributed by atoms with van der Waals surface area (Å²) in [6, 6.07) is 3.65. The van der Waals surface area contributed by atoms with Crippen LogP contribution in [0, 0.1) is 13.8 Å². The van der Waals surface area contributed by atoms with Crippen molar-refractivity contribution in [3.8, 4) is 5.75 Å². The summed E-state index contributed by atoms with van der Waals surface area (Å²) in [5.41, 5.74) is 10.2. The molecular weight excluding hydrogens is 210 g/mol. The average molecular weight is 223 g/mol.